The van der Waals surface area contributed by atoms with Crippen LogP contribution in [0.1, 0.15) is 44.1 Å². The molecule has 2 aromatic rings. The van der Waals surface area contributed by atoms with Crippen LogP contribution in [0.25, 0.3) is 5.78 Å². The highest BCUT2D eigenvalue weighted by molar-refractivity contribution is 5.45. The number of alkyl halides is 3. The molecule has 1 aliphatic carbocycles. The summed E-state index contributed by atoms with van der Waals surface area (Å²) in [5.41, 5.74) is 0.561. The van der Waals surface area contributed by atoms with Crippen LogP contribution in [0.15, 0.2) is 6.07 Å². The number of likely N-dealkylation sites (N-methyl/N-ethyl adjacent to an activating group) is 1. The van der Waals surface area contributed by atoms with E-state index in [2.05, 4.69) is 46.3 Å². The maximum Gasteiger partial charge on any atom is 0.453 e. The number of aromatic nitrogens is 4. The van der Waals surface area contributed by atoms with Crippen molar-refractivity contribution in [2.45, 2.75) is 51.2 Å². The van der Waals surface area contributed by atoms with E-state index >= 15 is 0 Å². The van der Waals surface area contributed by atoms with E-state index in [1.165, 1.54) is 6.42 Å². The normalized spacial score (nSPS) is 24.4. The zero-order chi connectivity index (χ0) is 19.1. The van der Waals surface area contributed by atoms with Gasteiger partial charge in [-0.3, -0.25) is 0 Å². The first-order valence-corrected chi connectivity index (χ1v) is 8.84. The van der Waals surface area contributed by atoms with Crippen LogP contribution in [0.2, 0.25) is 0 Å². The van der Waals surface area contributed by atoms with Crippen LogP contribution in [-0.4, -0.2) is 50.7 Å². The lowest BCUT2D eigenvalue weighted by molar-refractivity contribution is -0.144. The summed E-state index contributed by atoms with van der Waals surface area (Å²) in [4.78, 5) is 9.82. The molecule has 3 rings (SSSR count). The molecule has 0 aliphatic heterocycles. The molecule has 0 spiro atoms. The number of halogens is 3. The largest absolute Gasteiger partial charge is 0.453 e. The van der Waals surface area contributed by atoms with Crippen molar-refractivity contribution in [3.05, 3.63) is 17.6 Å². The van der Waals surface area contributed by atoms with Gasteiger partial charge in [0.15, 0.2) is 0 Å². The number of aryl methyl sites for hydroxylation is 1. The van der Waals surface area contributed by atoms with Gasteiger partial charge < -0.3 is 10.2 Å². The fourth-order valence-electron chi connectivity index (χ4n) is 3.85. The fraction of sp³-hybridized carbons (Fsp3) is 0.706. The third-order valence-corrected chi connectivity index (χ3v) is 5.31. The van der Waals surface area contributed by atoms with Crippen LogP contribution in [0.3, 0.4) is 0 Å². The highest BCUT2D eigenvalue weighted by Gasteiger charge is 2.38. The standard InChI is InChI=1S/C17H25F3N6/c1-11-6-5-7-16(9-11,25(3)4)10-21-13-8-12(2)22-15-23-14(17(18,19)20)24-26(13)15/h8,11,21H,5-7,9-10H2,1-4H3. The van der Waals surface area contributed by atoms with Crippen LogP contribution in [0.4, 0.5) is 19.0 Å². The van der Waals surface area contributed by atoms with Crippen molar-refractivity contribution in [2.24, 2.45) is 5.92 Å². The van der Waals surface area contributed by atoms with Crippen molar-refractivity contribution < 1.29 is 13.2 Å². The lowest BCUT2D eigenvalue weighted by Gasteiger charge is -2.45. The van der Waals surface area contributed by atoms with Crippen molar-refractivity contribution in [3.8, 4) is 0 Å². The zero-order valence-electron chi connectivity index (χ0n) is 15.6. The zero-order valence-corrected chi connectivity index (χ0v) is 15.6. The molecular formula is C17H25F3N6. The SMILES string of the molecule is Cc1cc(NCC2(N(C)C)CCCC(C)C2)n2nc(C(F)(F)F)nc2n1. The minimum Gasteiger partial charge on any atom is -0.368 e. The highest BCUT2D eigenvalue weighted by Crippen LogP contribution is 2.36. The van der Waals surface area contributed by atoms with E-state index in [0.717, 1.165) is 23.8 Å². The Morgan fingerprint density at radius 2 is 2.08 bits per heavy atom. The number of nitrogens with zero attached hydrogens (tertiary/aromatic N) is 5. The molecule has 1 fully saturated rings. The van der Waals surface area contributed by atoms with Gasteiger partial charge in [-0.1, -0.05) is 19.8 Å². The molecule has 0 radical (unpaired) electrons. The fourth-order valence-corrected chi connectivity index (χ4v) is 3.85. The average Bonchev–Trinajstić information content (AvgIpc) is 2.96. The van der Waals surface area contributed by atoms with Gasteiger partial charge in [-0.05, 0) is 39.8 Å². The molecule has 9 heteroatoms. The predicted octanol–water partition coefficient (Wildman–Crippen LogP) is 3.37. The van der Waals surface area contributed by atoms with Crippen molar-refractivity contribution >= 4 is 11.6 Å². The summed E-state index contributed by atoms with van der Waals surface area (Å²) in [6, 6.07) is 1.71. The smallest absolute Gasteiger partial charge is 0.368 e. The third-order valence-electron chi connectivity index (χ3n) is 5.31. The maximum atomic E-state index is 13.0. The average molecular weight is 370 g/mol. The van der Waals surface area contributed by atoms with Crippen LogP contribution in [0, 0.1) is 12.8 Å². The van der Waals surface area contributed by atoms with E-state index in [-0.39, 0.29) is 11.3 Å². The van der Waals surface area contributed by atoms with Crippen molar-refractivity contribution in [1.29, 1.82) is 0 Å². The Kier molecular flexibility index (Phi) is 4.85. The van der Waals surface area contributed by atoms with Gasteiger partial charge in [-0.15, -0.1) is 5.10 Å². The molecular weight excluding hydrogens is 345 g/mol. The summed E-state index contributed by atoms with van der Waals surface area (Å²) in [7, 11) is 4.12. The number of fused-ring (bicyclic) bond motifs is 1. The first-order chi connectivity index (χ1) is 12.1. The Hall–Kier alpha value is -1.90. The summed E-state index contributed by atoms with van der Waals surface area (Å²) < 4.78 is 40.0. The molecule has 1 N–H and O–H groups in total. The van der Waals surface area contributed by atoms with Crippen LogP contribution >= 0.6 is 0 Å². The molecule has 1 aliphatic rings. The summed E-state index contributed by atoms with van der Waals surface area (Å²) in [5.74, 6) is -0.117. The molecule has 2 aromatic heterocycles. The summed E-state index contributed by atoms with van der Waals surface area (Å²) in [5, 5.41) is 6.93. The van der Waals surface area contributed by atoms with Gasteiger partial charge in [0.1, 0.15) is 5.82 Å². The first-order valence-electron chi connectivity index (χ1n) is 8.84. The summed E-state index contributed by atoms with van der Waals surface area (Å²) in [6.07, 6.45) is -0.136. The molecule has 144 valence electrons. The highest BCUT2D eigenvalue weighted by atomic mass is 19.4. The van der Waals surface area contributed by atoms with Crippen LogP contribution in [0.5, 0.6) is 0 Å². The van der Waals surface area contributed by atoms with Crippen molar-refractivity contribution in [3.63, 3.8) is 0 Å². The Balaban J connectivity index is 1.91. The van der Waals surface area contributed by atoms with Crippen molar-refractivity contribution in [2.75, 3.05) is 26.0 Å². The van der Waals surface area contributed by atoms with Gasteiger partial charge in [-0.2, -0.15) is 22.7 Å². The molecule has 6 nitrogen and oxygen atoms in total. The Morgan fingerprint density at radius 3 is 2.69 bits per heavy atom. The van der Waals surface area contributed by atoms with E-state index in [9.17, 15) is 13.2 Å². The van der Waals surface area contributed by atoms with Crippen LogP contribution in [-0.2, 0) is 6.18 Å². The Morgan fingerprint density at radius 1 is 1.35 bits per heavy atom. The second-order valence-corrected chi connectivity index (χ2v) is 7.60. The number of anilines is 1. The first kappa shape index (κ1) is 18.9. The Bertz CT molecular complexity index is 785. The second kappa shape index (κ2) is 6.68. The van der Waals surface area contributed by atoms with Crippen molar-refractivity contribution in [1.82, 2.24) is 24.5 Å². The van der Waals surface area contributed by atoms with Crippen LogP contribution < -0.4 is 5.32 Å². The summed E-state index contributed by atoms with van der Waals surface area (Å²) >= 11 is 0. The molecule has 2 unspecified atom stereocenters. The van der Waals surface area contributed by atoms with Gasteiger partial charge in [-0.25, -0.2) is 4.98 Å². The summed E-state index contributed by atoms with van der Waals surface area (Å²) in [6.45, 7) is 4.61. The molecule has 0 amide bonds. The van der Waals surface area contributed by atoms with E-state index in [1.807, 2.05) is 0 Å². The van der Waals surface area contributed by atoms with Gasteiger partial charge in [0.25, 0.3) is 11.6 Å². The minimum atomic E-state index is -4.59. The number of hydrogen-bond donors (Lipinski definition) is 1. The molecule has 2 atom stereocenters. The van der Waals surface area contributed by atoms with E-state index in [4.69, 9.17) is 0 Å². The van der Waals surface area contributed by atoms with E-state index < -0.39 is 12.0 Å². The van der Waals surface area contributed by atoms with Gasteiger partial charge in [0.2, 0.25) is 0 Å². The monoisotopic (exact) mass is 370 g/mol. The topological polar surface area (TPSA) is 58.4 Å². The lowest BCUT2D eigenvalue weighted by atomic mass is 9.75. The molecule has 26 heavy (non-hydrogen) atoms. The lowest BCUT2D eigenvalue weighted by Crippen LogP contribution is -2.52. The van der Waals surface area contributed by atoms with E-state index in [1.54, 1.807) is 13.0 Å². The molecule has 0 aromatic carbocycles. The van der Waals surface area contributed by atoms with Gasteiger partial charge >= 0.3 is 6.18 Å². The number of nitrogens with one attached hydrogen (secondary N) is 1. The van der Waals surface area contributed by atoms with Gasteiger partial charge in [0.05, 0.1) is 0 Å². The number of rotatable bonds is 4. The third kappa shape index (κ3) is 3.62. The van der Waals surface area contributed by atoms with Gasteiger partial charge in [0, 0.05) is 23.8 Å². The molecule has 2 heterocycles. The number of hydrogen-bond acceptors (Lipinski definition) is 5. The quantitative estimate of drug-likeness (QED) is 0.894. The molecule has 0 saturated heterocycles. The molecule has 0 bridgehead atoms. The predicted molar refractivity (Wildman–Crippen MR) is 93.1 cm³/mol. The van der Waals surface area contributed by atoms with E-state index in [0.29, 0.717) is 24.0 Å². The molecule has 1 saturated carbocycles. The Labute approximate surface area is 150 Å². The minimum absolute atomic E-state index is 0.0331. The second-order valence-electron chi connectivity index (χ2n) is 7.60. The maximum absolute atomic E-state index is 13.0.